The van der Waals surface area contributed by atoms with E-state index in [4.69, 9.17) is 4.52 Å². The molecule has 0 aliphatic carbocycles. The summed E-state index contributed by atoms with van der Waals surface area (Å²) in [6, 6.07) is 9.71. The standard InChI is InChI=1S/C14H15N3O2/c1-9-6-13(17-19-9)16-14(18)12-8-15-7-10-4-2-3-5-11(10)12/h2-6,12,15H,7-8H2,1H3,(H,16,17,18). The van der Waals surface area contributed by atoms with Gasteiger partial charge >= 0.3 is 0 Å². The predicted molar refractivity (Wildman–Crippen MR) is 70.8 cm³/mol. The van der Waals surface area contributed by atoms with Crippen molar-refractivity contribution < 1.29 is 9.32 Å². The summed E-state index contributed by atoms with van der Waals surface area (Å²) in [7, 11) is 0. The van der Waals surface area contributed by atoms with Gasteiger partial charge in [-0.3, -0.25) is 4.79 Å². The first kappa shape index (κ1) is 11.9. The molecule has 19 heavy (non-hydrogen) atoms. The first-order chi connectivity index (χ1) is 9.24. The van der Waals surface area contributed by atoms with E-state index in [0.29, 0.717) is 18.1 Å². The zero-order chi connectivity index (χ0) is 13.2. The fourth-order valence-corrected chi connectivity index (χ4v) is 2.37. The van der Waals surface area contributed by atoms with Crippen LogP contribution in [0.4, 0.5) is 5.82 Å². The van der Waals surface area contributed by atoms with Gasteiger partial charge in [-0.15, -0.1) is 0 Å². The first-order valence-electron chi connectivity index (χ1n) is 6.27. The molecule has 5 nitrogen and oxygen atoms in total. The highest BCUT2D eigenvalue weighted by molar-refractivity contribution is 5.95. The van der Waals surface area contributed by atoms with Crippen molar-refractivity contribution in [3.63, 3.8) is 0 Å². The summed E-state index contributed by atoms with van der Waals surface area (Å²) < 4.78 is 4.94. The highest BCUT2D eigenvalue weighted by Gasteiger charge is 2.26. The molecule has 2 heterocycles. The van der Waals surface area contributed by atoms with Crippen LogP contribution in [0.3, 0.4) is 0 Å². The minimum Gasteiger partial charge on any atom is -0.360 e. The number of hydrogen-bond acceptors (Lipinski definition) is 4. The first-order valence-corrected chi connectivity index (χ1v) is 6.27. The number of fused-ring (bicyclic) bond motifs is 1. The normalized spacial score (nSPS) is 17.8. The van der Waals surface area contributed by atoms with Crippen molar-refractivity contribution in [3.8, 4) is 0 Å². The molecule has 1 aromatic heterocycles. The summed E-state index contributed by atoms with van der Waals surface area (Å²) in [5.41, 5.74) is 2.25. The second-order valence-electron chi connectivity index (χ2n) is 4.69. The smallest absolute Gasteiger partial charge is 0.234 e. The molecule has 1 unspecified atom stereocenters. The quantitative estimate of drug-likeness (QED) is 0.861. The van der Waals surface area contributed by atoms with Gasteiger partial charge < -0.3 is 15.2 Å². The van der Waals surface area contributed by atoms with E-state index >= 15 is 0 Å². The number of anilines is 1. The molecule has 0 bridgehead atoms. The van der Waals surface area contributed by atoms with Gasteiger partial charge in [-0.25, -0.2) is 0 Å². The average Bonchev–Trinajstić information content (AvgIpc) is 2.83. The van der Waals surface area contributed by atoms with E-state index in [-0.39, 0.29) is 11.8 Å². The Kier molecular flexibility index (Phi) is 3.05. The molecule has 98 valence electrons. The number of rotatable bonds is 2. The molecule has 3 rings (SSSR count). The van der Waals surface area contributed by atoms with E-state index in [1.54, 1.807) is 13.0 Å². The van der Waals surface area contributed by atoms with Crippen LogP contribution < -0.4 is 10.6 Å². The Morgan fingerprint density at radius 1 is 1.47 bits per heavy atom. The fourth-order valence-electron chi connectivity index (χ4n) is 2.37. The van der Waals surface area contributed by atoms with Crippen LogP contribution in [-0.4, -0.2) is 17.6 Å². The summed E-state index contributed by atoms with van der Waals surface area (Å²) >= 11 is 0. The van der Waals surface area contributed by atoms with Gasteiger partial charge in [0, 0.05) is 19.2 Å². The van der Waals surface area contributed by atoms with Gasteiger partial charge in [0.05, 0.1) is 5.92 Å². The summed E-state index contributed by atoms with van der Waals surface area (Å²) in [5.74, 6) is 0.887. The monoisotopic (exact) mass is 257 g/mol. The molecule has 0 radical (unpaired) electrons. The van der Waals surface area contributed by atoms with Gasteiger partial charge in [-0.2, -0.15) is 0 Å². The van der Waals surface area contributed by atoms with Crippen molar-refractivity contribution in [2.24, 2.45) is 0 Å². The molecule has 5 heteroatoms. The molecule has 1 atom stereocenters. The fraction of sp³-hybridized carbons (Fsp3) is 0.286. The van der Waals surface area contributed by atoms with Crippen molar-refractivity contribution in [2.45, 2.75) is 19.4 Å². The molecule has 0 fully saturated rings. The number of nitrogens with zero attached hydrogens (tertiary/aromatic N) is 1. The molecule has 1 aliphatic rings. The summed E-state index contributed by atoms with van der Waals surface area (Å²) in [5, 5.41) is 9.83. The third-order valence-electron chi connectivity index (χ3n) is 3.29. The Balaban J connectivity index is 1.81. The molecule has 1 amide bonds. The largest absolute Gasteiger partial charge is 0.360 e. The van der Waals surface area contributed by atoms with Crippen LogP contribution in [0.2, 0.25) is 0 Å². The zero-order valence-corrected chi connectivity index (χ0v) is 10.6. The molecule has 2 aromatic rings. The van der Waals surface area contributed by atoms with E-state index < -0.39 is 0 Å². The zero-order valence-electron chi connectivity index (χ0n) is 10.6. The number of carbonyl (C=O) groups is 1. The molecule has 0 saturated carbocycles. The second kappa shape index (κ2) is 4.85. The van der Waals surface area contributed by atoms with E-state index in [9.17, 15) is 4.79 Å². The van der Waals surface area contributed by atoms with Crippen molar-refractivity contribution >= 4 is 11.7 Å². The van der Waals surface area contributed by atoms with E-state index in [1.807, 2.05) is 24.3 Å². The number of aryl methyl sites for hydroxylation is 1. The van der Waals surface area contributed by atoms with E-state index in [2.05, 4.69) is 15.8 Å². The third-order valence-corrected chi connectivity index (χ3v) is 3.29. The average molecular weight is 257 g/mol. The van der Waals surface area contributed by atoms with Gasteiger partial charge in [-0.1, -0.05) is 29.4 Å². The molecule has 0 saturated heterocycles. The van der Waals surface area contributed by atoms with Crippen molar-refractivity contribution in [3.05, 3.63) is 47.2 Å². The second-order valence-corrected chi connectivity index (χ2v) is 4.69. The van der Waals surface area contributed by atoms with Gasteiger partial charge in [0.2, 0.25) is 5.91 Å². The van der Waals surface area contributed by atoms with Crippen LogP contribution in [0, 0.1) is 6.92 Å². The Bertz CT molecular complexity index is 606. The van der Waals surface area contributed by atoms with Crippen LogP contribution in [0.25, 0.3) is 0 Å². The van der Waals surface area contributed by atoms with Gasteiger partial charge in [0.1, 0.15) is 5.76 Å². The summed E-state index contributed by atoms with van der Waals surface area (Å²) in [6.45, 7) is 3.24. The van der Waals surface area contributed by atoms with Crippen molar-refractivity contribution in [1.29, 1.82) is 0 Å². The minimum atomic E-state index is -0.193. The summed E-state index contributed by atoms with van der Waals surface area (Å²) in [6.07, 6.45) is 0. The summed E-state index contributed by atoms with van der Waals surface area (Å²) in [4.78, 5) is 12.3. The number of aromatic nitrogens is 1. The predicted octanol–water partition coefficient (Wildman–Crippen LogP) is 1.81. The molecule has 0 spiro atoms. The lowest BCUT2D eigenvalue weighted by atomic mass is 9.90. The SMILES string of the molecule is Cc1cc(NC(=O)C2CNCc3ccccc32)no1. The molecule has 1 aliphatic heterocycles. The Morgan fingerprint density at radius 2 is 2.32 bits per heavy atom. The van der Waals surface area contributed by atoms with Gasteiger partial charge in [-0.05, 0) is 18.1 Å². The molecule has 1 aromatic carbocycles. The number of amides is 1. The maximum absolute atomic E-state index is 12.3. The number of carbonyl (C=O) groups excluding carboxylic acids is 1. The highest BCUT2D eigenvalue weighted by atomic mass is 16.5. The number of benzene rings is 1. The maximum Gasteiger partial charge on any atom is 0.234 e. The van der Waals surface area contributed by atoms with E-state index in [1.165, 1.54) is 5.56 Å². The van der Waals surface area contributed by atoms with Gasteiger partial charge in [0.15, 0.2) is 5.82 Å². The van der Waals surface area contributed by atoms with Crippen LogP contribution in [0.5, 0.6) is 0 Å². The van der Waals surface area contributed by atoms with Crippen LogP contribution in [0.1, 0.15) is 22.8 Å². The number of hydrogen-bond donors (Lipinski definition) is 2. The third kappa shape index (κ3) is 2.37. The van der Waals surface area contributed by atoms with Crippen LogP contribution in [0.15, 0.2) is 34.9 Å². The lowest BCUT2D eigenvalue weighted by molar-refractivity contribution is -0.117. The lowest BCUT2D eigenvalue weighted by Crippen LogP contribution is -2.35. The highest BCUT2D eigenvalue weighted by Crippen LogP contribution is 2.25. The van der Waals surface area contributed by atoms with Crippen molar-refractivity contribution in [2.75, 3.05) is 11.9 Å². The topological polar surface area (TPSA) is 67.2 Å². The Morgan fingerprint density at radius 3 is 3.11 bits per heavy atom. The minimum absolute atomic E-state index is 0.0621. The van der Waals surface area contributed by atoms with Crippen LogP contribution >= 0.6 is 0 Å². The molecular weight excluding hydrogens is 242 g/mol. The van der Waals surface area contributed by atoms with E-state index in [0.717, 1.165) is 12.1 Å². The maximum atomic E-state index is 12.3. The van der Waals surface area contributed by atoms with Crippen LogP contribution in [-0.2, 0) is 11.3 Å². The molecule has 2 N–H and O–H groups in total. The van der Waals surface area contributed by atoms with Gasteiger partial charge in [0.25, 0.3) is 0 Å². The lowest BCUT2D eigenvalue weighted by Gasteiger charge is -2.25. The number of nitrogens with one attached hydrogen (secondary N) is 2. The Labute approximate surface area is 111 Å². The molecular formula is C14H15N3O2. The Hall–Kier alpha value is -2.14. The van der Waals surface area contributed by atoms with Crippen molar-refractivity contribution in [1.82, 2.24) is 10.5 Å².